The van der Waals surface area contributed by atoms with E-state index in [9.17, 15) is 17.6 Å². The number of hydrogen-bond acceptors (Lipinski definition) is 6. The number of aromatic nitrogens is 2. The van der Waals surface area contributed by atoms with E-state index in [0.29, 0.717) is 24.4 Å². The summed E-state index contributed by atoms with van der Waals surface area (Å²) < 4.78 is 60.6. The quantitative estimate of drug-likeness (QED) is 0.787. The first kappa shape index (κ1) is 18.3. The SMILES string of the molecule is Fc1cc(Nc2ncc(OCC(F)(F)F)cn2)ccc1C1CNCCO1. The second-order valence-corrected chi connectivity index (χ2v) is 5.57. The van der Waals surface area contributed by atoms with Crippen LogP contribution in [0.1, 0.15) is 11.7 Å². The molecule has 140 valence electrons. The van der Waals surface area contributed by atoms with E-state index in [2.05, 4.69) is 25.3 Å². The molecule has 0 saturated carbocycles. The average molecular weight is 372 g/mol. The minimum absolute atomic E-state index is 0.104. The van der Waals surface area contributed by atoms with Gasteiger partial charge in [-0.25, -0.2) is 14.4 Å². The fourth-order valence-electron chi connectivity index (χ4n) is 2.38. The lowest BCUT2D eigenvalue weighted by molar-refractivity contribution is -0.153. The van der Waals surface area contributed by atoms with Crippen molar-refractivity contribution in [2.45, 2.75) is 12.3 Å². The summed E-state index contributed by atoms with van der Waals surface area (Å²) in [6.07, 6.45) is -2.58. The van der Waals surface area contributed by atoms with Gasteiger partial charge in [0.2, 0.25) is 5.95 Å². The molecule has 0 spiro atoms. The first-order valence-corrected chi connectivity index (χ1v) is 7.81. The number of halogens is 4. The predicted octanol–water partition coefficient (Wildman–Crippen LogP) is 2.96. The minimum Gasteiger partial charge on any atom is -0.481 e. The number of nitrogens with zero attached hydrogens (tertiary/aromatic N) is 2. The zero-order valence-electron chi connectivity index (χ0n) is 13.5. The van der Waals surface area contributed by atoms with Crippen molar-refractivity contribution in [3.05, 3.63) is 42.0 Å². The maximum absolute atomic E-state index is 14.3. The molecule has 1 atom stereocenters. The smallest absolute Gasteiger partial charge is 0.422 e. The van der Waals surface area contributed by atoms with E-state index in [1.807, 2.05) is 0 Å². The van der Waals surface area contributed by atoms with Gasteiger partial charge in [0.15, 0.2) is 12.4 Å². The van der Waals surface area contributed by atoms with Gasteiger partial charge in [-0.3, -0.25) is 0 Å². The van der Waals surface area contributed by atoms with Crippen LogP contribution >= 0.6 is 0 Å². The molecule has 1 aliphatic heterocycles. The van der Waals surface area contributed by atoms with Crippen LogP contribution in [0.4, 0.5) is 29.2 Å². The fraction of sp³-hybridized carbons (Fsp3) is 0.375. The van der Waals surface area contributed by atoms with Crippen LogP contribution in [0.25, 0.3) is 0 Å². The second-order valence-electron chi connectivity index (χ2n) is 5.57. The van der Waals surface area contributed by atoms with Crippen LogP contribution in [0.3, 0.4) is 0 Å². The van der Waals surface area contributed by atoms with Crippen molar-refractivity contribution in [1.29, 1.82) is 0 Å². The Labute approximate surface area is 146 Å². The zero-order valence-corrected chi connectivity index (χ0v) is 13.5. The van der Waals surface area contributed by atoms with Crippen LogP contribution in [-0.2, 0) is 4.74 Å². The van der Waals surface area contributed by atoms with Gasteiger partial charge in [-0.05, 0) is 12.1 Å². The summed E-state index contributed by atoms with van der Waals surface area (Å²) in [7, 11) is 0. The van der Waals surface area contributed by atoms with Crippen LogP contribution in [0.5, 0.6) is 5.75 Å². The van der Waals surface area contributed by atoms with Gasteiger partial charge >= 0.3 is 6.18 Å². The highest BCUT2D eigenvalue weighted by atomic mass is 19.4. The first-order chi connectivity index (χ1) is 12.4. The van der Waals surface area contributed by atoms with Gasteiger partial charge in [-0.1, -0.05) is 6.07 Å². The van der Waals surface area contributed by atoms with E-state index >= 15 is 0 Å². The fourth-order valence-corrected chi connectivity index (χ4v) is 2.38. The Morgan fingerprint density at radius 3 is 2.65 bits per heavy atom. The lowest BCUT2D eigenvalue weighted by Gasteiger charge is -2.24. The van der Waals surface area contributed by atoms with Crippen LogP contribution in [-0.4, -0.2) is 42.4 Å². The molecule has 1 aromatic heterocycles. The van der Waals surface area contributed by atoms with E-state index in [-0.39, 0.29) is 17.8 Å². The van der Waals surface area contributed by atoms with Crippen LogP contribution in [0.2, 0.25) is 0 Å². The van der Waals surface area contributed by atoms with Crippen molar-refractivity contribution in [3.63, 3.8) is 0 Å². The highest BCUT2D eigenvalue weighted by Crippen LogP contribution is 2.25. The van der Waals surface area contributed by atoms with Crippen molar-refractivity contribution in [3.8, 4) is 5.75 Å². The minimum atomic E-state index is -4.44. The van der Waals surface area contributed by atoms with Crippen LogP contribution in [0, 0.1) is 5.82 Å². The molecule has 1 aromatic carbocycles. The number of rotatable bonds is 5. The maximum Gasteiger partial charge on any atom is 0.422 e. The van der Waals surface area contributed by atoms with Gasteiger partial charge in [0.05, 0.1) is 25.1 Å². The van der Waals surface area contributed by atoms with E-state index in [4.69, 9.17) is 4.74 Å². The highest BCUT2D eigenvalue weighted by molar-refractivity contribution is 5.54. The molecule has 1 fully saturated rings. The Hall–Kier alpha value is -2.46. The van der Waals surface area contributed by atoms with Gasteiger partial charge < -0.3 is 20.1 Å². The van der Waals surface area contributed by atoms with Crippen molar-refractivity contribution in [2.75, 3.05) is 31.6 Å². The van der Waals surface area contributed by atoms with Gasteiger partial charge in [0, 0.05) is 24.3 Å². The summed E-state index contributed by atoms with van der Waals surface area (Å²) in [6.45, 7) is 0.360. The number of benzene rings is 1. The summed E-state index contributed by atoms with van der Waals surface area (Å²) in [4.78, 5) is 7.69. The summed E-state index contributed by atoms with van der Waals surface area (Å²) in [5.41, 5.74) is 0.846. The predicted molar refractivity (Wildman–Crippen MR) is 84.8 cm³/mol. The average Bonchev–Trinajstić information content (AvgIpc) is 2.61. The molecule has 0 radical (unpaired) electrons. The van der Waals surface area contributed by atoms with Gasteiger partial charge in [0.25, 0.3) is 0 Å². The molecule has 0 aliphatic carbocycles. The Bertz CT molecular complexity index is 734. The molecule has 2 aromatic rings. The Kier molecular flexibility index (Phi) is 5.52. The molecular formula is C16H16F4N4O2. The molecule has 1 aliphatic rings. The van der Waals surface area contributed by atoms with E-state index in [1.54, 1.807) is 12.1 Å². The second kappa shape index (κ2) is 7.83. The molecule has 2 heterocycles. The summed E-state index contributed by atoms with van der Waals surface area (Å²) in [5.74, 6) is -0.447. The molecule has 1 unspecified atom stereocenters. The third-order valence-corrected chi connectivity index (χ3v) is 3.56. The summed E-state index contributed by atoms with van der Waals surface area (Å²) >= 11 is 0. The number of hydrogen-bond donors (Lipinski definition) is 2. The summed E-state index contributed by atoms with van der Waals surface area (Å²) in [6, 6.07) is 4.54. The number of morpholine rings is 1. The summed E-state index contributed by atoms with van der Waals surface area (Å²) in [5, 5.41) is 5.91. The molecular weight excluding hydrogens is 356 g/mol. The molecule has 10 heteroatoms. The third kappa shape index (κ3) is 5.02. The number of anilines is 2. The number of nitrogens with one attached hydrogen (secondary N) is 2. The number of alkyl halides is 3. The van der Waals surface area contributed by atoms with Crippen molar-refractivity contribution in [1.82, 2.24) is 15.3 Å². The van der Waals surface area contributed by atoms with Crippen molar-refractivity contribution in [2.24, 2.45) is 0 Å². The topological polar surface area (TPSA) is 68.3 Å². The lowest BCUT2D eigenvalue weighted by atomic mass is 10.1. The first-order valence-electron chi connectivity index (χ1n) is 7.81. The molecule has 6 nitrogen and oxygen atoms in total. The monoisotopic (exact) mass is 372 g/mol. The number of ether oxygens (including phenoxy) is 2. The van der Waals surface area contributed by atoms with Gasteiger partial charge in [0.1, 0.15) is 5.82 Å². The molecule has 26 heavy (non-hydrogen) atoms. The molecule has 3 rings (SSSR count). The third-order valence-electron chi connectivity index (χ3n) is 3.56. The van der Waals surface area contributed by atoms with Crippen LogP contribution < -0.4 is 15.4 Å². The Balaban J connectivity index is 1.62. The van der Waals surface area contributed by atoms with E-state index in [0.717, 1.165) is 18.9 Å². The van der Waals surface area contributed by atoms with E-state index < -0.39 is 18.6 Å². The largest absolute Gasteiger partial charge is 0.481 e. The normalized spacial score (nSPS) is 17.8. The van der Waals surface area contributed by atoms with Crippen molar-refractivity contribution < 1.29 is 27.0 Å². The molecule has 0 amide bonds. The van der Waals surface area contributed by atoms with E-state index in [1.165, 1.54) is 6.07 Å². The molecule has 2 N–H and O–H groups in total. The molecule has 1 saturated heterocycles. The van der Waals surface area contributed by atoms with Crippen LogP contribution in [0.15, 0.2) is 30.6 Å². The molecule has 0 bridgehead atoms. The van der Waals surface area contributed by atoms with Crippen molar-refractivity contribution >= 4 is 11.6 Å². The zero-order chi connectivity index (χ0) is 18.6. The lowest BCUT2D eigenvalue weighted by Crippen LogP contribution is -2.33. The standard InChI is InChI=1S/C16H16F4N4O2/c17-13-5-10(1-2-12(13)14-8-21-3-4-25-14)24-15-22-6-11(7-23-15)26-9-16(18,19)20/h1-2,5-7,14,21H,3-4,8-9H2,(H,22,23,24). The van der Waals surface area contributed by atoms with Gasteiger partial charge in [-0.2, -0.15) is 13.2 Å². The van der Waals surface area contributed by atoms with Gasteiger partial charge in [-0.15, -0.1) is 0 Å². The maximum atomic E-state index is 14.3. The highest BCUT2D eigenvalue weighted by Gasteiger charge is 2.28. The Morgan fingerprint density at radius 1 is 1.27 bits per heavy atom. The Morgan fingerprint density at radius 2 is 2.04 bits per heavy atom.